The standard InChI is InChI=1S/C14H22FN3O2S/c1-10-5-6-12(9-13(10)15)11(2)18-14(16-3)17-7-8-21(4,19)20/h5-6,9,11H,7-8H2,1-4H3,(H2,16,17,18). The van der Waals surface area contributed by atoms with E-state index in [-0.39, 0.29) is 24.2 Å². The topological polar surface area (TPSA) is 70.6 Å². The molecule has 0 saturated carbocycles. The van der Waals surface area contributed by atoms with Gasteiger partial charge in [-0.2, -0.15) is 0 Å². The van der Waals surface area contributed by atoms with Crippen molar-refractivity contribution in [1.82, 2.24) is 10.6 Å². The number of aliphatic imine (C=N–C) groups is 1. The minimum atomic E-state index is -3.01. The highest BCUT2D eigenvalue weighted by Crippen LogP contribution is 2.16. The largest absolute Gasteiger partial charge is 0.355 e. The van der Waals surface area contributed by atoms with Gasteiger partial charge in [-0.25, -0.2) is 12.8 Å². The Kier molecular flexibility index (Phi) is 6.14. The number of benzene rings is 1. The van der Waals surface area contributed by atoms with Gasteiger partial charge < -0.3 is 10.6 Å². The summed E-state index contributed by atoms with van der Waals surface area (Å²) in [5.74, 6) is 0.259. The molecule has 0 radical (unpaired) electrons. The van der Waals surface area contributed by atoms with Gasteiger partial charge in [0.15, 0.2) is 5.96 Å². The molecule has 0 aliphatic rings. The van der Waals surface area contributed by atoms with Gasteiger partial charge in [0.1, 0.15) is 15.7 Å². The van der Waals surface area contributed by atoms with E-state index in [1.165, 1.54) is 12.3 Å². The van der Waals surface area contributed by atoms with Gasteiger partial charge in [-0.15, -0.1) is 0 Å². The summed E-state index contributed by atoms with van der Waals surface area (Å²) in [4.78, 5) is 4.02. The molecule has 0 heterocycles. The minimum Gasteiger partial charge on any atom is -0.355 e. The number of nitrogens with one attached hydrogen (secondary N) is 2. The van der Waals surface area contributed by atoms with Crippen LogP contribution < -0.4 is 10.6 Å². The second-order valence-electron chi connectivity index (χ2n) is 5.00. The van der Waals surface area contributed by atoms with Gasteiger partial charge in [-0.1, -0.05) is 12.1 Å². The Morgan fingerprint density at radius 2 is 2.10 bits per heavy atom. The van der Waals surface area contributed by atoms with E-state index in [1.807, 2.05) is 13.0 Å². The molecule has 0 saturated heterocycles. The van der Waals surface area contributed by atoms with Crippen LogP contribution in [-0.2, 0) is 9.84 Å². The van der Waals surface area contributed by atoms with Crippen LogP contribution in [-0.4, -0.2) is 40.0 Å². The van der Waals surface area contributed by atoms with Crippen LogP contribution in [0.3, 0.4) is 0 Å². The van der Waals surface area contributed by atoms with Crippen molar-refractivity contribution in [1.29, 1.82) is 0 Å². The lowest BCUT2D eigenvalue weighted by molar-refractivity contribution is 0.599. The third kappa shape index (κ3) is 6.12. The summed E-state index contributed by atoms with van der Waals surface area (Å²) in [5.41, 5.74) is 1.39. The second-order valence-corrected chi connectivity index (χ2v) is 7.26. The molecule has 1 aromatic rings. The van der Waals surface area contributed by atoms with E-state index in [0.29, 0.717) is 11.5 Å². The first kappa shape index (κ1) is 17.4. The SMILES string of the molecule is CN=C(NCCS(C)(=O)=O)NC(C)c1ccc(C)c(F)c1. The fourth-order valence-corrected chi connectivity index (χ4v) is 2.19. The van der Waals surface area contributed by atoms with Gasteiger partial charge in [-0.05, 0) is 31.0 Å². The number of sulfone groups is 1. The number of guanidine groups is 1. The minimum absolute atomic E-state index is 0.0290. The molecular formula is C14H22FN3O2S. The van der Waals surface area contributed by atoms with E-state index in [1.54, 1.807) is 20.0 Å². The van der Waals surface area contributed by atoms with Crippen LogP contribution in [0, 0.1) is 12.7 Å². The van der Waals surface area contributed by atoms with Gasteiger partial charge in [-0.3, -0.25) is 4.99 Å². The molecule has 0 fully saturated rings. The molecule has 2 N–H and O–H groups in total. The molecule has 118 valence electrons. The summed E-state index contributed by atoms with van der Waals surface area (Å²) >= 11 is 0. The van der Waals surface area contributed by atoms with Gasteiger partial charge in [0, 0.05) is 19.8 Å². The summed E-state index contributed by atoms with van der Waals surface area (Å²) < 4.78 is 35.7. The van der Waals surface area contributed by atoms with E-state index < -0.39 is 9.84 Å². The fraction of sp³-hybridized carbons (Fsp3) is 0.500. The van der Waals surface area contributed by atoms with Gasteiger partial charge in [0.25, 0.3) is 0 Å². The molecular weight excluding hydrogens is 293 g/mol. The van der Waals surface area contributed by atoms with Crippen LogP contribution in [0.4, 0.5) is 4.39 Å². The number of hydrogen-bond donors (Lipinski definition) is 2. The summed E-state index contributed by atoms with van der Waals surface area (Å²) in [6.07, 6.45) is 1.18. The van der Waals surface area contributed by atoms with Crippen LogP contribution in [0.1, 0.15) is 24.1 Å². The molecule has 1 aromatic carbocycles. The first-order valence-corrected chi connectivity index (χ1v) is 8.70. The molecule has 7 heteroatoms. The van der Waals surface area contributed by atoms with Crippen LogP contribution in [0.2, 0.25) is 0 Å². The first-order chi connectivity index (χ1) is 9.73. The number of nitrogens with zero attached hydrogens (tertiary/aromatic N) is 1. The molecule has 1 unspecified atom stereocenters. The lowest BCUT2D eigenvalue weighted by atomic mass is 10.1. The zero-order valence-electron chi connectivity index (χ0n) is 12.8. The molecule has 5 nitrogen and oxygen atoms in total. The van der Waals surface area contributed by atoms with E-state index in [9.17, 15) is 12.8 Å². The quantitative estimate of drug-likeness (QED) is 0.636. The summed E-state index contributed by atoms with van der Waals surface area (Å²) in [7, 11) is -1.42. The predicted octanol–water partition coefficient (Wildman–Crippen LogP) is 1.40. The fourth-order valence-electron chi connectivity index (χ4n) is 1.72. The Labute approximate surface area is 125 Å². The van der Waals surface area contributed by atoms with E-state index in [2.05, 4.69) is 15.6 Å². The average Bonchev–Trinajstić information content (AvgIpc) is 2.39. The smallest absolute Gasteiger partial charge is 0.191 e. The Balaban J connectivity index is 2.62. The monoisotopic (exact) mass is 315 g/mol. The first-order valence-electron chi connectivity index (χ1n) is 6.64. The highest BCUT2D eigenvalue weighted by molar-refractivity contribution is 7.90. The Morgan fingerprint density at radius 3 is 2.62 bits per heavy atom. The average molecular weight is 315 g/mol. The Morgan fingerprint density at radius 1 is 1.43 bits per heavy atom. The van der Waals surface area contributed by atoms with E-state index >= 15 is 0 Å². The molecule has 1 rings (SSSR count). The Bertz CT molecular complexity index is 615. The third-order valence-corrected chi connectivity index (χ3v) is 3.98. The summed E-state index contributed by atoms with van der Waals surface area (Å²) in [6.45, 7) is 3.86. The molecule has 0 aliphatic carbocycles. The molecule has 0 aliphatic heterocycles. The second kappa shape index (κ2) is 7.40. The van der Waals surface area contributed by atoms with Crippen molar-refractivity contribution < 1.29 is 12.8 Å². The van der Waals surface area contributed by atoms with Crippen LogP contribution >= 0.6 is 0 Å². The molecule has 0 amide bonds. The van der Waals surface area contributed by atoms with Gasteiger partial charge in [0.2, 0.25) is 0 Å². The highest BCUT2D eigenvalue weighted by Gasteiger charge is 2.10. The highest BCUT2D eigenvalue weighted by atomic mass is 32.2. The lowest BCUT2D eigenvalue weighted by Crippen LogP contribution is -2.40. The van der Waals surface area contributed by atoms with Crippen LogP contribution in [0.5, 0.6) is 0 Å². The van der Waals surface area contributed by atoms with Crippen molar-refractivity contribution in [3.63, 3.8) is 0 Å². The predicted molar refractivity (Wildman–Crippen MR) is 83.8 cm³/mol. The van der Waals surface area contributed by atoms with Crippen molar-refractivity contribution in [2.45, 2.75) is 19.9 Å². The van der Waals surface area contributed by atoms with Crippen molar-refractivity contribution in [2.75, 3.05) is 25.6 Å². The molecule has 0 bridgehead atoms. The molecule has 0 spiro atoms. The van der Waals surface area contributed by atoms with Crippen LogP contribution in [0.25, 0.3) is 0 Å². The molecule has 21 heavy (non-hydrogen) atoms. The zero-order chi connectivity index (χ0) is 16.0. The Hall–Kier alpha value is -1.63. The maximum absolute atomic E-state index is 13.6. The lowest BCUT2D eigenvalue weighted by Gasteiger charge is -2.18. The normalized spacial score (nSPS) is 13.9. The van der Waals surface area contributed by atoms with E-state index in [4.69, 9.17) is 0 Å². The van der Waals surface area contributed by atoms with Crippen molar-refractivity contribution in [3.05, 3.63) is 35.1 Å². The number of rotatable bonds is 5. The molecule has 1 atom stereocenters. The number of halogens is 1. The number of hydrogen-bond acceptors (Lipinski definition) is 3. The van der Waals surface area contributed by atoms with Crippen LogP contribution in [0.15, 0.2) is 23.2 Å². The van der Waals surface area contributed by atoms with Crippen molar-refractivity contribution in [2.24, 2.45) is 4.99 Å². The maximum atomic E-state index is 13.6. The van der Waals surface area contributed by atoms with Crippen molar-refractivity contribution in [3.8, 4) is 0 Å². The molecule has 0 aromatic heterocycles. The number of aryl methyl sites for hydroxylation is 1. The van der Waals surface area contributed by atoms with Crippen molar-refractivity contribution >= 4 is 15.8 Å². The van der Waals surface area contributed by atoms with Gasteiger partial charge >= 0.3 is 0 Å². The van der Waals surface area contributed by atoms with Gasteiger partial charge in [0.05, 0.1) is 11.8 Å². The zero-order valence-corrected chi connectivity index (χ0v) is 13.6. The summed E-state index contributed by atoms with van der Waals surface area (Å²) in [6, 6.07) is 4.91. The summed E-state index contributed by atoms with van der Waals surface area (Å²) in [5, 5.41) is 6.01. The third-order valence-electron chi connectivity index (χ3n) is 3.04. The van der Waals surface area contributed by atoms with E-state index in [0.717, 1.165) is 5.56 Å². The maximum Gasteiger partial charge on any atom is 0.191 e.